The summed E-state index contributed by atoms with van der Waals surface area (Å²) in [6, 6.07) is 2.36. The van der Waals surface area contributed by atoms with Gasteiger partial charge in [-0.1, -0.05) is 6.08 Å². The maximum atomic E-state index is 12.0. The van der Waals surface area contributed by atoms with Gasteiger partial charge in [-0.2, -0.15) is 0 Å². The van der Waals surface area contributed by atoms with Crippen molar-refractivity contribution in [2.75, 3.05) is 0 Å². The third-order valence-electron chi connectivity index (χ3n) is 2.84. The van der Waals surface area contributed by atoms with Crippen LogP contribution >= 0.6 is 0 Å². The van der Waals surface area contributed by atoms with E-state index in [1.807, 2.05) is 0 Å². The van der Waals surface area contributed by atoms with Crippen LogP contribution in [0.5, 0.6) is 11.5 Å². The molecule has 1 aliphatic rings. The van der Waals surface area contributed by atoms with Crippen molar-refractivity contribution < 1.29 is 24.5 Å². The molecule has 1 aromatic carbocycles. The third kappa shape index (κ3) is 2.93. The lowest BCUT2D eigenvalue weighted by atomic mass is 9.98. The Morgan fingerprint density at radius 2 is 2.00 bits per heavy atom. The second-order valence-corrected chi connectivity index (χ2v) is 4.48. The minimum atomic E-state index is -0.498. The van der Waals surface area contributed by atoms with Crippen LogP contribution in [-0.4, -0.2) is 28.1 Å². The van der Waals surface area contributed by atoms with Gasteiger partial charge >= 0.3 is 5.97 Å². The van der Waals surface area contributed by atoms with Crippen molar-refractivity contribution in [2.24, 2.45) is 0 Å². The number of carbonyl (C=O) groups excluding carboxylic acids is 2. The van der Waals surface area contributed by atoms with E-state index in [0.29, 0.717) is 6.42 Å². The number of cyclic esters (lactones) is 1. The minimum Gasteiger partial charge on any atom is -0.508 e. The number of carbonyl (C=O) groups is 2. The molecule has 1 atom stereocenters. The van der Waals surface area contributed by atoms with E-state index in [1.54, 1.807) is 13.0 Å². The minimum absolute atomic E-state index is 0.0283. The van der Waals surface area contributed by atoms with E-state index in [9.17, 15) is 19.8 Å². The molecular formula is C14H14O5. The molecule has 5 heteroatoms. The fourth-order valence-electron chi connectivity index (χ4n) is 2.01. The molecule has 0 amide bonds. The number of ether oxygens (including phenoxy) is 1. The van der Waals surface area contributed by atoms with Gasteiger partial charge < -0.3 is 14.9 Å². The Morgan fingerprint density at radius 1 is 1.26 bits per heavy atom. The standard InChI is InChI=1S/C14H14O5/c1-8-3-2-4-11(16)14-9(6-13(18)19-8)5-10(15)7-12(14)17/h2,4-5,7-8,15,17H,3,6H2,1H3/b4-2-/t8-/m1/s1. The van der Waals surface area contributed by atoms with E-state index in [4.69, 9.17) is 4.74 Å². The highest BCUT2D eigenvalue weighted by molar-refractivity contribution is 6.08. The van der Waals surface area contributed by atoms with Crippen molar-refractivity contribution in [3.8, 4) is 11.5 Å². The fourth-order valence-corrected chi connectivity index (χ4v) is 2.01. The number of aromatic hydroxyl groups is 2. The highest BCUT2D eigenvalue weighted by Crippen LogP contribution is 2.29. The molecule has 0 spiro atoms. The smallest absolute Gasteiger partial charge is 0.310 e. The van der Waals surface area contributed by atoms with E-state index in [0.717, 1.165) is 6.07 Å². The average molecular weight is 262 g/mol. The van der Waals surface area contributed by atoms with Crippen LogP contribution in [0.25, 0.3) is 0 Å². The van der Waals surface area contributed by atoms with Crippen LogP contribution in [0.1, 0.15) is 29.3 Å². The summed E-state index contributed by atoms with van der Waals surface area (Å²) in [5, 5.41) is 19.2. The number of phenolic OH excluding ortho intramolecular Hbond substituents is 2. The normalized spacial score (nSPS) is 21.4. The first kappa shape index (κ1) is 13.1. The van der Waals surface area contributed by atoms with Crippen molar-refractivity contribution in [3.05, 3.63) is 35.4 Å². The van der Waals surface area contributed by atoms with Crippen LogP contribution < -0.4 is 0 Å². The number of hydrogen-bond acceptors (Lipinski definition) is 5. The third-order valence-corrected chi connectivity index (χ3v) is 2.84. The van der Waals surface area contributed by atoms with Crippen molar-refractivity contribution in [2.45, 2.75) is 25.9 Å². The SMILES string of the molecule is C[C@@H]1C/C=C\C(=O)c2c(O)cc(O)cc2CC(=O)O1. The lowest BCUT2D eigenvalue weighted by molar-refractivity contribution is -0.147. The molecular weight excluding hydrogens is 248 g/mol. The Morgan fingerprint density at radius 3 is 2.74 bits per heavy atom. The van der Waals surface area contributed by atoms with E-state index in [1.165, 1.54) is 12.1 Å². The van der Waals surface area contributed by atoms with Crippen molar-refractivity contribution >= 4 is 11.8 Å². The van der Waals surface area contributed by atoms with E-state index in [-0.39, 0.29) is 35.2 Å². The zero-order valence-corrected chi connectivity index (χ0v) is 10.4. The number of benzene rings is 1. The van der Waals surface area contributed by atoms with Gasteiger partial charge in [0, 0.05) is 12.5 Å². The Hall–Kier alpha value is -2.30. The van der Waals surface area contributed by atoms with Gasteiger partial charge in [0.15, 0.2) is 5.78 Å². The van der Waals surface area contributed by atoms with Crippen molar-refractivity contribution in [1.29, 1.82) is 0 Å². The van der Waals surface area contributed by atoms with Crippen LogP contribution in [0.4, 0.5) is 0 Å². The topological polar surface area (TPSA) is 83.8 Å². The average Bonchev–Trinajstić information content (AvgIpc) is 2.26. The second-order valence-electron chi connectivity index (χ2n) is 4.48. The first-order chi connectivity index (χ1) is 8.97. The molecule has 0 bridgehead atoms. The predicted molar refractivity (Wildman–Crippen MR) is 67.1 cm³/mol. The Labute approximate surface area is 110 Å². The number of fused-ring (bicyclic) bond motifs is 1. The Kier molecular flexibility index (Phi) is 3.55. The highest BCUT2D eigenvalue weighted by Gasteiger charge is 2.20. The number of allylic oxidation sites excluding steroid dienone is 1. The van der Waals surface area contributed by atoms with Crippen LogP contribution in [0.15, 0.2) is 24.3 Å². The van der Waals surface area contributed by atoms with Gasteiger partial charge in [0.1, 0.15) is 17.6 Å². The fraction of sp³-hybridized carbons (Fsp3) is 0.286. The summed E-state index contributed by atoms with van der Waals surface area (Å²) in [6.45, 7) is 1.73. The van der Waals surface area contributed by atoms with E-state index >= 15 is 0 Å². The molecule has 0 unspecified atom stereocenters. The molecule has 2 rings (SSSR count). The molecule has 0 fully saturated rings. The summed E-state index contributed by atoms with van der Waals surface area (Å²) in [4.78, 5) is 23.7. The summed E-state index contributed by atoms with van der Waals surface area (Å²) in [6.07, 6.45) is 2.89. The molecule has 2 N–H and O–H groups in total. The van der Waals surface area contributed by atoms with Gasteiger partial charge in [0.2, 0.25) is 0 Å². The van der Waals surface area contributed by atoms with Gasteiger partial charge in [-0.25, -0.2) is 0 Å². The molecule has 0 radical (unpaired) electrons. The molecule has 0 aromatic heterocycles. The molecule has 0 aliphatic carbocycles. The van der Waals surface area contributed by atoms with E-state index < -0.39 is 11.8 Å². The molecule has 5 nitrogen and oxygen atoms in total. The molecule has 1 aromatic rings. The maximum Gasteiger partial charge on any atom is 0.310 e. The van der Waals surface area contributed by atoms with Gasteiger partial charge in [-0.15, -0.1) is 0 Å². The maximum absolute atomic E-state index is 12.0. The summed E-state index contributed by atoms with van der Waals surface area (Å²) in [5.74, 6) is -1.44. The Bertz CT molecular complexity index is 559. The van der Waals surface area contributed by atoms with Crippen LogP contribution in [0, 0.1) is 0 Å². The number of rotatable bonds is 0. The number of ketones is 1. The summed E-state index contributed by atoms with van der Waals surface area (Å²) in [5.41, 5.74) is 0.284. The predicted octanol–water partition coefficient (Wildman–Crippen LogP) is 1.71. The molecule has 1 aliphatic heterocycles. The summed E-state index contributed by atoms with van der Waals surface area (Å²) < 4.78 is 5.13. The molecule has 19 heavy (non-hydrogen) atoms. The van der Waals surface area contributed by atoms with Crippen LogP contribution in [0.3, 0.4) is 0 Å². The molecule has 0 saturated carbocycles. The van der Waals surface area contributed by atoms with Crippen LogP contribution in [0.2, 0.25) is 0 Å². The zero-order valence-electron chi connectivity index (χ0n) is 10.4. The van der Waals surface area contributed by atoms with Crippen molar-refractivity contribution in [1.82, 2.24) is 0 Å². The first-order valence-electron chi connectivity index (χ1n) is 5.92. The van der Waals surface area contributed by atoms with Gasteiger partial charge in [0.05, 0.1) is 12.0 Å². The Balaban J connectivity index is 2.52. The zero-order chi connectivity index (χ0) is 14.0. The summed E-state index contributed by atoms with van der Waals surface area (Å²) in [7, 11) is 0. The molecule has 0 saturated heterocycles. The first-order valence-corrected chi connectivity index (χ1v) is 5.92. The van der Waals surface area contributed by atoms with Gasteiger partial charge in [0.25, 0.3) is 0 Å². The van der Waals surface area contributed by atoms with Gasteiger partial charge in [-0.05, 0) is 24.6 Å². The number of esters is 1. The second kappa shape index (κ2) is 5.14. The van der Waals surface area contributed by atoms with Crippen molar-refractivity contribution in [3.63, 3.8) is 0 Å². The molecule has 100 valence electrons. The highest BCUT2D eigenvalue weighted by atomic mass is 16.5. The monoisotopic (exact) mass is 262 g/mol. The lowest BCUT2D eigenvalue weighted by Crippen LogP contribution is -2.18. The molecule has 1 heterocycles. The largest absolute Gasteiger partial charge is 0.508 e. The van der Waals surface area contributed by atoms with Gasteiger partial charge in [-0.3, -0.25) is 9.59 Å². The van der Waals surface area contributed by atoms with Crippen LogP contribution in [-0.2, 0) is 16.0 Å². The number of hydrogen-bond donors (Lipinski definition) is 2. The summed E-state index contributed by atoms with van der Waals surface area (Å²) >= 11 is 0. The van der Waals surface area contributed by atoms with E-state index in [2.05, 4.69) is 0 Å². The number of phenols is 2. The lowest BCUT2D eigenvalue weighted by Gasteiger charge is -2.15. The quantitative estimate of drug-likeness (QED) is 0.695.